The second kappa shape index (κ2) is 9.10. The number of hydrogen-bond donors (Lipinski definition) is 1. The van der Waals surface area contributed by atoms with Crippen LogP contribution in [-0.2, 0) is 28.5 Å². The highest BCUT2D eigenvalue weighted by Crippen LogP contribution is 2.24. The van der Waals surface area contributed by atoms with Crippen molar-refractivity contribution in [3.63, 3.8) is 0 Å². The quantitative estimate of drug-likeness (QED) is 0.571. The van der Waals surface area contributed by atoms with Crippen LogP contribution in [0.5, 0.6) is 0 Å². The van der Waals surface area contributed by atoms with Gasteiger partial charge in [-0.2, -0.15) is 0 Å². The second-order valence-electron chi connectivity index (χ2n) is 6.52. The summed E-state index contributed by atoms with van der Waals surface area (Å²) in [5.41, 5.74) is 8.89. The van der Waals surface area contributed by atoms with E-state index >= 15 is 0 Å². The summed E-state index contributed by atoms with van der Waals surface area (Å²) in [5.74, 6) is 2.07. The van der Waals surface area contributed by atoms with E-state index in [-0.39, 0.29) is 0 Å². The first-order valence-electron chi connectivity index (χ1n) is 9.14. The van der Waals surface area contributed by atoms with Gasteiger partial charge < -0.3 is 15.0 Å². The third-order valence-electron chi connectivity index (χ3n) is 4.56. The van der Waals surface area contributed by atoms with Crippen LogP contribution in [0.3, 0.4) is 0 Å². The van der Waals surface area contributed by atoms with E-state index in [9.17, 15) is 4.21 Å². The summed E-state index contributed by atoms with van der Waals surface area (Å²) >= 11 is 0. The molecule has 0 radical (unpaired) electrons. The van der Waals surface area contributed by atoms with Crippen molar-refractivity contribution in [3.8, 4) is 0 Å². The lowest BCUT2D eigenvalue weighted by Crippen LogP contribution is -2.09. The number of imidazole rings is 1. The van der Waals surface area contributed by atoms with Crippen molar-refractivity contribution in [2.45, 2.75) is 37.6 Å². The minimum Gasteiger partial charge on any atom is -0.384 e. The molecule has 3 rings (SSSR count). The van der Waals surface area contributed by atoms with E-state index in [1.807, 2.05) is 37.3 Å². The van der Waals surface area contributed by atoms with Gasteiger partial charge in [0.25, 0.3) is 0 Å². The van der Waals surface area contributed by atoms with Gasteiger partial charge >= 0.3 is 0 Å². The lowest BCUT2D eigenvalue weighted by atomic mass is 10.2. The largest absolute Gasteiger partial charge is 0.384 e. The van der Waals surface area contributed by atoms with Gasteiger partial charge in [-0.3, -0.25) is 4.21 Å². The number of benzene rings is 1. The van der Waals surface area contributed by atoms with E-state index in [0.717, 1.165) is 53.1 Å². The molecular weight excluding hydrogens is 360 g/mol. The Morgan fingerprint density at radius 2 is 2.00 bits per heavy atom. The highest BCUT2D eigenvalue weighted by molar-refractivity contribution is 7.85. The first-order valence-corrected chi connectivity index (χ1v) is 10.5. The number of hydrogen-bond acceptors (Lipinski definition) is 5. The number of aromatic nitrogens is 3. The van der Waals surface area contributed by atoms with Gasteiger partial charge in [0.2, 0.25) is 0 Å². The van der Waals surface area contributed by atoms with Crippen LogP contribution in [0.15, 0.2) is 41.4 Å². The van der Waals surface area contributed by atoms with E-state index in [1.54, 1.807) is 13.3 Å². The summed E-state index contributed by atoms with van der Waals surface area (Å²) in [5, 5.41) is 0. The van der Waals surface area contributed by atoms with Crippen molar-refractivity contribution < 1.29 is 8.95 Å². The third kappa shape index (κ3) is 4.54. The van der Waals surface area contributed by atoms with Crippen LogP contribution in [0, 0.1) is 6.92 Å². The number of methoxy groups -OCH3 is 1. The van der Waals surface area contributed by atoms with Crippen molar-refractivity contribution in [1.29, 1.82) is 0 Å². The number of ether oxygens (including phenoxy) is 1. The third-order valence-corrected chi connectivity index (χ3v) is 6.01. The molecule has 0 fully saturated rings. The predicted molar refractivity (Wildman–Crippen MR) is 109 cm³/mol. The average molecular weight is 387 g/mol. The number of rotatable bonds is 9. The molecule has 0 bridgehead atoms. The SMILES string of the molecule is COCCc1nc2c(N)ncc(C)c2n1CCCCS(=O)c1ccccc1. The van der Waals surface area contributed by atoms with Gasteiger partial charge in [0, 0.05) is 36.9 Å². The average Bonchev–Trinajstić information content (AvgIpc) is 3.06. The van der Waals surface area contributed by atoms with Gasteiger partial charge in [-0.05, 0) is 37.5 Å². The van der Waals surface area contributed by atoms with Gasteiger partial charge in [-0.25, -0.2) is 9.97 Å². The zero-order valence-corrected chi connectivity index (χ0v) is 16.7. The summed E-state index contributed by atoms with van der Waals surface area (Å²) in [7, 11) is 0.736. The minimum absolute atomic E-state index is 0.457. The Labute approximate surface area is 162 Å². The van der Waals surface area contributed by atoms with Crippen molar-refractivity contribution in [3.05, 3.63) is 47.9 Å². The molecule has 0 saturated carbocycles. The highest BCUT2D eigenvalue weighted by atomic mass is 32.2. The van der Waals surface area contributed by atoms with Gasteiger partial charge in [0.1, 0.15) is 11.3 Å². The molecule has 2 aromatic heterocycles. The summed E-state index contributed by atoms with van der Waals surface area (Å²) in [6.45, 7) is 3.44. The molecule has 2 heterocycles. The smallest absolute Gasteiger partial charge is 0.151 e. The molecule has 144 valence electrons. The molecule has 0 spiro atoms. The van der Waals surface area contributed by atoms with E-state index < -0.39 is 10.8 Å². The first-order chi connectivity index (χ1) is 13.1. The Morgan fingerprint density at radius 1 is 1.22 bits per heavy atom. The fraction of sp³-hybridized carbons (Fsp3) is 0.400. The van der Waals surface area contributed by atoms with Crippen molar-refractivity contribution >= 4 is 27.7 Å². The maximum absolute atomic E-state index is 12.4. The summed E-state index contributed by atoms with van der Waals surface area (Å²) in [6.07, 6.45) is 4.32. The molecular formula is C20H26N4O2S. The molecule has 27 heavy (non-hydrogen) atoms. The first kappa shape index (κ1) is 19.5. The fourth-order valence-electron chi connectivity index (χ4n) is 3.18. The number of anilines is 1. The minimum atomic E-state index is -0.952. The number of fused-ring (bicyclic) bond motifs is 1. The van der Waals surface area contributed by atoms with Crippen molar-refractivity contribution in [1.82, 2.24) is 14.5 Å². The number of nitrogens with zero attached hydrogens (tertiary/aromatic N) is 3. The monoisotopic (exact) mass is 386 g/mol. The Hall–Kier alpha value is -2.25. The van der Waals surface area contributed by atoms with Crippen LogP contribution in [-0.4, -0.2) is 38.2 Å². The Balaban J connectivity index is 1.71. The molecule has 0 amide bonds. The van der Waals surface area contributed by atoms with Crippen LogP contribution < -0.4 is 5.73 Å². The Kier molecular flexibility index (Phi) is 6.58. The van der Waals surface area contributed by atoms with Gasteiger partial charge in [0.15, 0.2) is 5.82 Å². The number of aryl methyl sites for hydroxylation is 2. The second-order valence-corrected chi connectivity index (χ2v) is 8.09. The highest BCUT2D eigenvalue weighted by Gasteiger charge is 2.15. The molecule has 0 saturated heterocycles. The predicted octanol–water partition coefficient (Wildman–Crippen LogP) is 3.10. The molecule has 6 nitrogen and oxygen atoms in total. The summed E-state index contributed by atoms with van der Waals surface area (Å²) in [4.78, 5) is 9.82. The van der Waals surface area contributed by atoms with E-state index in [1.165, 1.54) is 0 Å². The molecule has 1 unspecified atom stereocenters. The maximum atomic E-state index is 12.4. The number of nitrogens with two attached hydrogens (primary N) is 1. The topological polar surface area (TPSA) is 83.0 Å². The van der Waals surface area contributed by atoms with Crippen LogP contribution in [0.4, 0.5) is 5.82 Å². The summed E-state index contributed by atoms with van der Waals surface area (Å²) in [6, 6.07) is 9.63. The Bertz CT molecular complexity index is 925. The number of nitrogen functional groups attached to an aromatic ring is 1. The number of pyridine rings is 1. The standard InChI is InChI=1S/C20H26N4O2S/c1-15-14-22-20(21)18-19(15)24(17(23-18)10-12-26-2)11-6-7-13-27(25)16-8-4-3-5-9-16/h3-5,8-9,14H,6-7,10-13H2,1-2H3,(H2,21,22). The molecule has 7 heteroatoms. The number of unbranched alkanes of at least 4 members (excludes halogenated alkanes) is 1. The van der Waals surface area contributed by atoms with Crippen LogP contribution >= 0.6 is 0 Å². The van der Waals surface area contributed by atoms with Gasteiger partial charge in [-0.15, -0.1) is 0 Å². The lowest BCUT2D eigenvalue weighted by molar-refractivity contribution is 0.199. The normalized spacial score (nSPS) is 12.5. The molecule has 2 N–H and O–H groups in total. The Morgan fingerprint density at radius 3 is 2.74 bits per heavy atom. The van der Waals surface area contributed by atoms with E-state index in [2.05, 4.69) is 9.55 Å². The fourth-order valence-corrected chi connectivity index (χ4v) is 4.35. The lowest BCUT2D eigenvalue weighted by Gasteiger charge is -2.10. The molecule has 0 aliphatic carbocycles. The maximum Gasteiger partial charge on any atom is 0.151 e. The van der Waals surface area contributed by atoms with Gasteiger partial charge in [0.05, 0.1) is 22.9 Å². The zero-order chi connectivity index (χ0) is 19.2. The molecule has 0 aliphatic rings. The molecule has 0 aliphatic heterocycles. The van der Waals surface area contributed by atoms with Crippen LogP contribution in [0.2, 0.25) is 0 Å². The molecule has 1 atom stereocenters. The van der Waals surface area contributed by atoms with Crippen LogP contribution in [0.25, 0.3) is 11.0 Å². The molecule has 1 aromatic carbocycles. The zero-order valence-electron chi connectivity index (χ0n) is 15.9. The van der Waals surface area contributed by atoms with Crippen LogP contribution in [0.1, 0.15) is 24.2 Å². The summed E-state index contributed by atoms with van der Waals surface area (Å²) < 4.78 is 19.8. The van der Waals surface area contributed by atoms with Crippen molar-refractivity contribution in [2.75, 3.05) is 25.2 Å². The van der Waals surface area contributed by atoms with E-state index in [0.29, 0.717) is 18.2 Å². The van der Waals surface area contributed by atoms with Crippen molar-refractivity contribution in [2.24, 2.45) is 0 Å². The molecule has 3 aromatic rings. The van der Waals surface area contributed by atoms with E-state index in [4.69, 9.17) is 15.5 Å². The van der Waals surface area contributed by atoms with Gasteiger partial charge in [-0.1, -0.05) is 18.2 Å².